The minimum atomic E-state index is -0.0343. The molecule has 1 saturated heterocycles. The fourth-order valence-corrected chi connectivity index (χ4v) is 2.43. The highest BCUT2D eigenvalue weighted by molar-refractivity contribution is 9.10. The first kappa shape index (κ1) is 13.5. The van der Waals surface area contributed by atoms with Crippen LogP contribution < -0.4 is 5.32 Å². The van der Waals surface area contributed by atoms with Crippen LogP contribution in [0.3, 0.4) is 0 Å². The lowest BCUT2D eigenvalue weighted by Gasteiger charge is -2.19. The van der Waals surface area contributed by atoms with Crippen molar-refractivity contribution in [3.8, 4) is 0 Å². The van der Waals surface area contributed by atoms with Gasteiger partial charge in [-0.2, -0.15) is 5.10 Å². The van der Waals surface area contributed by atoms with Gasteiger partial charge in [0.25, 0.3) is 0 Å². The Balaban J connectivity index is 1.84. The molecule has 1 fully saturated rings. The summed E-state index contributed by atoms with van der Waals surface area (Å²) in [6, 6.07) is 0.0556. The maximum atomic E-state index is 11.9. The molecule has 0 bridgehead atoms. The molecule has 0 saturated carbocycles. The summed E-state index contributed by atoms with van der Waals surface area (Å²) in [5, 5.41) is 7.19. The van der Waals surface area contributed by atoms with Crippen LogP contribution in [-0.4, -0.2) is 34.4 Å². The molecule has 0 aliphatic carbocycles. The molecule has 1 N–H and O–H groups in total. The van der Waals surface area contributed by atoms with Crippen LogP contribution in [0, 0.1) is 6.92 Å². The summed E-state index contributed by atoms with van der Waals surface area (Å²) in [6.07, 6.45) is 4.07. The number of aryl methyl sites for hydroxylation is 1. The average Bonchev–Trinajstić information content (AvgIpc) is 2.89. The number of rotatable bonds is 4. The molecule has 18 heavy (non-hydrogen) atoms. The molecule has 0 spiro atoms. The Bertz CT molecular complexity index is 407. The van der Waals surface area contributed by atoms with E-state index in [4.69, 9.17) is 4.74 Å². The molecule has 1 aromatic heterocycles. The van der Waals surface area contributed by atoms with Gasteiger partial charge >= 0.3 is 0 Å². The van der Waals surface area contributed by atoms with Crippen molar-refractivity contribution in [2.75, 3.05) is 6.61 Å². The second kappa shape index (κ2) is 5.84. The molecule has 1 aliphatic heterocycles. The average molecular weight is 316 g/mol. The number of carbonyl (C=O) groups is 1. The van der Waals surface area contributed by atoms with E-state index < -0.39 is 0 Å². The molecule has 0 radical (unpaired) electrons. The van der Waals surface area contributed by atoms with Gasteiger partial charge in [0.05, 0.1) is 22.3 Å². The van der Waals surface area contributed by atoms with Crippen molar-refractivity contribution in [3.63, 3.8) is 0 Å². The number of amides is 1. The van der Waals surface area contributed by atoms with E-state index in [-0.39, 0.29) is 24.6 Å². The third-order valence-corrected chi connectivity index (χ3v) is 3.88. The van der Waals surface area contributed by atoms with Gasteiger partial charge in [-0.05, 0) is 42.6 Å². The summed E-state index contributed by atoms with van der Waals surface area (Å²) in [4.78, 5) is 11.9. The molecule has 100 valence electrons. The summed E-state index contributed by atoms with van der Waals surface area (Å²) >= 11 is 3.38. The molecule has 2 heterocycles. The molecular formula is C12H18BrN3O2. The lowest BCUT2D eigenvalue weighted by Crippen LogP contribution is -2.42. The van der Waals surface area contributed by atoms with Gasteiger partial charge in [0.1, 0.15) is 6.54 Å². The Morgan fingerprint density at radius 3 is 3.11 bits per heavy atom. The van der Waals surface area contributed by atoms with Gasteiger partial charge in [-0.1, -0.05) is 0 Å². The number of aromatic nitrogens is 2. The van der Waals surface area contributed by atoms with Gasteiger partial charge in [0.2, 0.25) is 5.91 Å². The molecule has 0 aromatic carbocycles. The largest absolute Gasteiger partial charge is 0.376 e. The molecule has 1 amide bonds. The zero-order chi connectivity index (χ0) is 13.1. The van der Waals surface area contributed by atoms with E-state index in [1.54, 1.807) is 4.68 Å². The van der Waals surface area contributed by atoms with Crippen molar-refractivity contribution in [2.24, 2.45) is 0 Å². The summed E-state index contributed by atoms with van der Waals surface area (Å²) in [5.74, 6) is -0.0343. The highest BCUT2D eigenvalue weighted by Crippen LogP contribution is 2.15. The van der Waals surface area contributed by atoms with Crippen molar-refractivity contribution in [1.29, 1.82) is 0 Å². The van der Waals surface area contributed by atoms with Crippen molar-refractivity contribution >= 4 is 21.8 Å². The third kappa shape index (κ3) is 3.32. The number of ether oxygens (including phenoxy) is 1. The lowest BCUT2D eigenvalue weighted by atomic mass is 10.1. The van der Waals surface area contributed by atoms with Crippen LogP contribution in [0.4, 0.5) is 0 Å². The summed E-state index contributed by atoms with van der Waals surface area (Å²) in [7, 11) is 0. The number of halogens is 1. The Morgan fingerprint density at radius 1 is 1.78 bits per heavy atom. The predicted molar refractivity (Wildman–Crippen MR) is 71.2 cm³/mol. The van der Waals surface area contributed by atoms with E-state index in [1.807, 2.05) is 20.0 Å². The molecule has 1 aromatic rings. The van der Waals surface area contributed by atoms with Gasteiger partial charge in [-0.3, -0.25) is 9.48 Å². The van der Waals surface area contributed by atoms with Crippen molar-refractivity contribution in [1.82, 2.24) is 15.1 Å². The van der Waals surface area contributed by atoms with Crippen LogP contribution in [0.5, 0.6) is 0 Å². The van der Waals surface area contributed by atoms with Gasteiger partial charge < -0.3 is 10.1 Å². The van der Waals surface area contributed by atoms with Crippen LogP contribution in [0.1, 0.15) is 25.5 Å². The van der Waals surface area contributed by atoms with Crippen molar-refractivity contribution in [3.05, 3.63) is 16.4 Å². The fraction of sp³-hybridized carbons (Fsp3) is 0.667. The smallest absolute Gasteiger partial charge is 0.242 e. The van der Waals surface area contributed by atoms with E-state index in [1.165, 1.54) is 0 Å². The Morgan fingerprint density at radius 2 is 2.56 bits per heavy atom. The van der Waals surface area contributed by atoms with Gasteiger partial charge in [0, 0.05) is 12.8 Å². The second-order valence-electron chi connectivity index (χ2n) is 4.67. The molecule has 5 nitrogen and oxygen atoms in total. The van der Waals surface area contributed by atoms with Crippen LogP contribution in [0.15, 0.2) is 10.7 Å². The van der Waals surface area contributed by atoms with Crippen LogP contribution in [-0.2, 0) is 16.1 Å². The molecule has 1 aliphatic rings. The van der Waals surface area contributed by atoms with E-state index in [0.29, 0.717) is 0 Å². The molecule has 6 heteroatoms. The maximum absolute atomic E-state index is 11.9. The Kier molecular flexibility index (Phi) is 4.40. The highest BCUT2D eigenvalue weighted by atomic mass is 79.9. The van der Waals surface area contributed by atoms with Crippen LogP contribution in [0.2, 0.25) is 0 Å². The first-order valence-electron chi connectivity index (χ1n) is 6.17. The topological polar surface area (TPSA) is 56.2 Å². The number of nitrogens with zero attached hydrogens (tertiary/aromatic N) is 2. The monoisotopic (exact) mass is 315 g/mol. The highest BCUT2D eigenvalue weighted by Gasteiger charge is 2.23. The third-order valence-electron chi connectivity index (χ3n) is 3.10. The summed E-state index contributed by atoms with van der Waals surface area (Å²) in [5.41, 5.74) is 0.884. The summed E-state index contributed by atoms with van der Waals surface area (Å²) < 4.78 is 8.10. The second-order valence-corrected chi connectivity index (χ2v) is 5.52. The standard InChI is InChI=1S/C12H18BrN3O2/c1-8-10(13)6-16(15-8)7-12(17)14-9(2)11-4-3-5-18-11/h6,9,11H,3-5,7H2,1-2H3,(H,14,17)/t9-,11-/m0/s1. The lowest BCUT2D eigenvalue weighted by molar-refractivity contribution is -0.123. The molecule has 2 rings (SSSR count). The van der Waals surface area contributed by atoms with E-state index in [0.717, 1.165) is 29.6 Å². The van der Waals surface area contributed by atoms with Crippen molar-refractivity contribution in [2.45, 2.75) is 45.4 Å². The zero-order valence-corrected chi connectivity index (χ0v) is 12.2. The van der Waals surface area contributed by atoms with E-state index >= 15 is 0 Å². The number of hydrogen-bond donors (Lipinski definition) is 1. The quantitative estimate of drug-likeness (QED) is 0.919. The Labute approximate surface area is 115 Å². The molecular weight excluding hydrogens is 298 g/mol. The van der Waals surface area contributed by atoms with Gasteiger partial charge in [0.15, 0.2) is 0 Å². The number of nitrogens with one attached hydrogen (secondary N) is 1. The van der Waals surface area contributed by atoms with E-state index in [9.17, 15) is 4.79 Å². The minimum Gasteiger partial charge on any atom is -0.376 e. The normalized spacial score (nSPS) is 20.9. The predicted octanol–water partition coefficient (Wildman–Crippen LogP) is 1.64. The van der Waals surface area contributed by atoms with E-state index in [2.05, 4.69) is 26.3 Å². The first-order chi connectivity index (χ1) is 8.56. The zero-order valence-electron chi connectivity index (χ0n) is 10.6. The van der Waals surface area contributed by atoms with Crippen LogP contribution in [0.25, 0.3) is 0 Å². The fourth-order valence-electron chi connectivity index (χ4n) is 2.11. The maximum Gasteiger partial charge on any atom is 0.242 e. The van der Waals surface area contributed by atoms with Crippen LogP contribution >= 0.6 is 15.9 Å². The SMILES string of the molecule is Cc1nn(CC(=O)N[C@@H](C)[C@@H]2CCCO2)cc1Br. The Hall–Kier alpha value is -0.880. The molecule has 2 atom stereocenters. The summed E-state index contributed by atoms with van der Waals surface area (Å²) in [6.45, 7) is 4.92. The van der Waals surface area contributed by atoms with Crippen molar-refractivity contribution < 1.29 is 9.53 Å². The first-order valence-corrected chi connectivity index (χ1v) is 6.96. The van der Waals surface area contributed by atoms with Gasteiger partial charge in [-0.25, -0.2) is 0 Å². The minimum absolute atomic E-state index is 0.0343. The number of hydrogen-bond acceptors (Lipinski definition) is 3. The molecule has 0 unspecified atom stereocenters. The van der Waals surface area contributed by atoms with Gasteiger partial charge in [-0.15, -0.1) is 0 Å². The number of carbonyl (C=O) groups excluding carboxylic acids is 1.